The van der Waals surface area contributed by atoms with Crippen molar-refractivity contribution in [3.63, 3.8) is 0 Å². The Balaban J connectivity index is 2.01. The molecule has 0 spiro atoms. The molecule has 2 aromatic rings. The Labute approximate surface area is 138 Å². The fourth-order valence-electron chi connectivity index (χ4n) is 1.90. The first-order valence-electron chi connectivity index (χ1n) is 6.90. The van der Waals surface area contributed by atoms with Crippen LogP contribution in [0.4, 0.5) is 10.1 Å². The van der Waals surface area contributed by atoms with Crippen molar-refractivity contribution < 1.29 is 18.7 Å². The zero-order valence-electron chi connectivity index (χ0n) is 12.6. The van der Waals surface area contributed by atoms with E-state index in [4.69, 9.17) is 16.3 Å². The van der Waals surface area contributed by atoms with Gasteiger partial charge in [-0.25, -0.2) is 9.18 Å². The van der Waals surface area contributed by atoms with E-state index in [0.717, 1.165) is 11.6 Å². The van der Waals surface area contributed by atoms with Crippen molar-refractivity contribution in [2.24, 2.45) is 0 Å². The van der Waals surface area contributed by atoms with Gasteiger partial charge in [-0.05, 0) is 49.7 Å². The van der Waals surface area contributed by atoms with Crippen molar-refractivity contribution >= 4 is 29.2 Å². The number of benzene rings is 2. The Morgan fingerprint density at radius 2 is 1.96 bits per heavy atom. The number of nitrogens with one attached hydrogen (secondary N) is 1. The zero-order valence-corrected chi connectivity index (χ0v) is 13.4. The zero-order chi connectivity index (χ0) is 17.0. The van der Waals surface area contributed by atoms with Gasteiger partial charge in [0.2, 0.25) is 0 Å². The lowest BCUT2D eigenvalue weighted by molar-refractivity contribution is -0.123. The van der Waals surface area contributed by atoms with Crippen molar-refractivity contribution in [2.45, 2.75) is 20.0 Å². The Morgan fingerprint density at radius 1 is 1.22 bits per heavy atom. The average molecular weight is 336 g/mol. The summed E-state index contributed by atoms with van der Waals surface area (Å²) in [6, 6.07) is 10.8. The third kappa shape index (κ3) is 4.53. The first-order chi connectivity index (χ1) is 10.9. The van der Waals surface area contributed by atoms with E-state index in [1.54, 1.807) is 18.2 Å². The molecule has 0 bridgehead atoms. The van der Waals surface area contributed by atoms with Gasteiger partial charge in [0.15, 0.2) is 6.10 Å². The van der Waals surface area contributed by atoms with Gasteiger partial charge in [0, 0.05) is 10.7 Å². The van der Waals surface area contributed by atoms with Crippen LogP contribution < -0.4 is 5.32 Å². The maximum Gasteiger partial charge on any atom is 0.341 e. The number of halogens is 2. The van der Waals surface area contributed by atoms with Crippen molar-refractivity contribution in [2.75, 3.05) is 5.32 Å². The Bertz CT molecular complexity index is 748. The lowest BCUT2D eigenvalue weighted by Gasteiger charge is -2.14. The van der Waals surface area contributed by atoms with E-state index < -0.39 is 23.8 Å². The van der Waals surface area contributed by atoms with E-state index in [1.165, 1.54) is 19.1 Å². The van der Waals surface area contributed by atoms with Crippen molar-refractivity contribution in [1.82, 2.24) is 0 Å². The first-order valence-corrected chi connectivity index (χ1v) is 7.28. The Hall–Kier alpha value is -2.40. The van der Waals surface area contributed by atoms with Crippen LogP contribution in [-0.4, -0.2) is 18.0 Å². The summed E-state index contributed by atoms with van der Waals surface area (Å²) in [4.78, 5) is 23.9. The lowest BCUT2D eigenvalue weighted by atomic mass is 10.2. The molecule has 0 aliphatic carbocycles. The number of hydrogen-bond donors (Lipinski definition) is 1. The number of rotatable bonds is 4. The highest BCUT2D eigenvalue weighted by atomic mass is 35.5. The maximum atomic E-state index is 13.7. The molecule has 0 unspecified atom stereocenters. The summed E-state index contributed by atoms with van der Waals surface area (Å²) >= 11 is 5.62. The number of esters is 1. The van der Waals surface area contributed by atoms with Crippen molar-refractivity contribution in [3.8, 4) is 0 Å². The van der Waals surface area contributed by atoms with Crippen LogP contribution in [0.1, 0.15) is 22.8 Å². The molecule has 0 aliphatic rings. The van der Waals surface area contributed by atoms with Crippen LogP contribution in [0.2, 0.25) is 5.02 Å². The molecule has 6 heteroatoms. The Kier molecular flexibility index (Phi) is 5.34. The van der Waals surface area contributed by atoms with E-state index in [0.29, 0.717) is 5.69 Å². The summed E-state index contributed by atoms with van der Waals surface area (Å²) < 4.78 is 18.6. The molecule has 0 radical (unpaired) electrons. The van der Waals surface area contributed by atoms with Crippen LogP contribution in [0.3, 0.4) is 0 Å². The number of anilines is 1. The SMILES string of the molecule is Cc1cccc(NC(=O)[C@@H](C)OC(=O)c2ccc(Cl)cc2F)c1. The summed E-state index contributed by atoms with van der Waals surface area (Å²) in [6.45, 7) is 3.30. The third-order valence-corrected chi connectivity index (χ3v) is 3.32. The third-order valence-electron chi connectivity index (χ3n) is 3.09. The minimum absolute atomic E-state index is 0.171. The second-order valence-electron chi connectivity index (χ2n) is 5.03. The van der Waals surface area contributed by atoms with Gasteiger partial charge in [0.25, 0.3) is 5.91 Å². The molecule has 0 saturated carbocycles. The predicted octanol–water partition coefficient (Wildman–Crippen LogP) is 3.97. The smallest absolute Gasteiger partial charge is 0.341 e. The molecule has 4 nitrogen and oxygen atoms in total. The largest absolute Gasteiger partial charge is 0.449 e. The summed E-state index contributed by atoms with van der Waals surface area (Å²) in [7, 11) is 0. The van der Waals surface area contributed by atoms with Gasteiger partial charge in [-0.1, -0.05) is 23.7 Å². The molecule has 2 aromatic carbocycles. The minimum Gasteiger partial charge on any atom is -0.449 e. The number of carbonyl (C=O) groups is 2. The van der Waals surface area contributed by atoms with E-state index in [-0.39, 0.29) is 10.6 Å². The number of hydrogen-bond acceptors (Lipinski definition) is 3. The summed E-state index contributed by atoms with van der Waals surface area (Å²) in [6.07, 6.45) is -1.07. The number of ether oxygens (including phenoxy) is 1. The standard InChI is InChI=1S/C17H15ClFNO3/c1-10-4-3-5-13(8-10)20-16(21)11(2)23-17(22)14-7-6-12(18)9-15(14)19/h3-9,11H,1-2H3,(H,20,21)/t11-/m1/s1. The fraction of sp³-hybridized carbons (Fsp3) is 0.176. The normalized spacial score (nSPS) is 11.7. The predicted molar refractivity (Wildman–Crippen MR) is 86.1 cm³/mol. The number of aryl methyl sites for hydroxylation is 1. The summed E-state index contributed by atoms with van der Waals surface area (Å²) in [5.74, 6) is -2.22. The number of carbonyl (C=O) groups excluding carboxylic acids is 2. The molecule has 0 aromatic heterocycles. The first kappa shape index (κ1) is 17.0. The highest BCUT2D eigenvalue weighted by Crippen LogP contribution is 2.16. The monoisotopic (exact) mass is 335 g/mol. The van der Waals surface area contributed by atoms with Crippen molar-refractivity contribution in [3.05, 3.63) is 64.4 Å². The van der Waals surface area contributed by atoms with E-state index in [2.05, 4.69) is 5.32 Å². The highest BCUT2D eigenvalue weighted by Gasteiger charge is 2.21. The van der Waals surface area contributed by atoms with Gasteiger partial charge in [-0.3, -0.25) is 4.79 Å². The molecule has 1 amide bonds. The van der Waals surface area contributed by atoms with Gasteiger partial charge in [0.1, 0.15) is 5.82 Å². The second kappa shape index (κ2) is 7.24. The van der Waals surface area contributed by atoms with Crippen LogP contribution in [0, 0.1) is 12.7 Å². The molecule has 0 fully saturated rings. The van der Waals surface area contributed by atoms with E-state index in [1.807, 2.05) is 13.0 Å². The van der Waals surface area contributed by atoms with Gasteiger partial charge >= 0.3 is 5.97 Å². The second-order valence-corrected chi connectivity index (χ2v) is 5.47. The molecule has 23 heavy (non-hydrogen) atoms. The molecule has 0 aliphatic heterocycles. The Morgan fingerprint density at radius 3 is 2.61 bits per heavy atom. The molecular weight excluding hydrogens is 321 g/mol. The van der Waals surface area contributed by atoms with Crippen LogP contribution in [-0.2, 0) is 9.53 Å². The summed E-state index contributed by atoms with van der Waals surface area (Å²) in [5.41, 5.74) is 1.30. The topological polar surface area (TPSA) is 55.4 Å². The van der Waals surface area contributed by atoms with Crippen molar-refractivity contribution in [1.29, 1.82) is 0 Å². The van der Waals surface area contributed by atoms with Crippen LogP contribution in [0.5, 0.6) is 0 Å². The highest BCUT2D eigenvalue weighted by molar-refractivity contribution is 6.30. The molecule has 1 N–H and O–H groups in total. The molecule has 1 atom stereocenters. The van der Waals surface area contributed by atoms with E-state index >= 15 is 0 Å². The quantitative estimate of drug-likeness (QED) is 0.860. The maximum absolute atomic E-state index is 13.7. The molecule has 0 saturated heterocycles. The fourth-order valence-corrected chi connectivity index (χ4v) is 2.06. The van der Waals surface area contributed by atoms with Gasteiger partial charge in [-0.2, -0.15) is 0 Å². The van der Waals surface area contributed by atoms with Crippen LogP contribution in [0.25, 0.3) is 0 Å². The summed E-state index contributed by atoms with van der Waals surface area (Å²) in [5, 5.41) is 2.80. The molecule has 2 rings (SSSR count). The molecule has 0 heterocycles. The van der Waals surface area contributed by atoms with Crippen LogP contribution >= 0.6 is 11.6 Å². The van der Waals surface area contributed by atoms with Gasteiger partial charge in [0.05, 0.1) is 5.56 Å². The average Bonchev–Trinajstić information content (AvgIpc) is 2.46. The van der Waals surface area contributed by atoms with Gasteiger partial charge < -0.3 is 10.1 Å². The number of amides is 1. The lowest BCUT2D eigenvalue weighted by Crippen LogP contribution is -2.30. The molecule has 120 valence electrons. The molecular formula is C17H15ClFNO3. The van der Waals surface area contributed by atoms with Crippen LogP contribution in [0.15, 0.2) is 42.5 Å². The minimum atomic E-state index is -1.07. The van der Waals surface area contributed by atoms with Gasteiger partial charge in [-0.15, -0.1) is 0 Å². The van der Waals surface area contributed by atoms with E-state index in [9.17, 15) is 14.0 Å².